The van der Waals surface area contributed by atoms with E-state index in [1.807, 2.05) is 22.4 Å². The third-order valence-corrected chi connectivity index (χ3v) is 6.66. The third-order valence-electron chi connectivity index (χ3n) is 4.74. The summed E-state index contributed by atoms with van der Waals surface area (Å²) in [5.74, 6) is -0.0287. The Morgan fingerprint density at radius 2 is 2.14 bits per heavy atom. The highest BCUT2D eigenvalue weighted by Crippen LogP contribution is 2.40. The van der Waals surface area contributed by atoms with Gasteiger partial charge in [0.05, 0.1) is 17.6 Å². The van der Waals surface area contributed by atoms with Crippen molar-refractivity contribution in [2.45, 2.75) is 19.4 Å². The van der Waals surface area contributed by atoms with E-state index in [0.29, 0.717) is 18.7 Å². The van der Waals surface area contributed by atoms with Gasteiger partial charge in [-0.3, -0.25) is 14.9 Å². The van der Waals surface area contributed by atoms with E-state index in [1.54, 1.807) is 35.7 Å². The van der Waals surface area contributed by atoms with Crippen molar-refractivity contribution in [1.82, 2.24) is 4.90 Å². The molecular weight excluding hydrogens is 396 g/mol. The number of nitro groups is 1. The molecule has 0 saturated heterocycles. The van der Waals surface area contributed by atoms with Crippen LogP contribution in [0.5, 0.6) is 5.75 Å². The molecule has 3 aromatic rings. The number of hydrogen-bond donors (Lipinski definition) is 0. The van der Waals surface area contributed by atoms with Crippen molar-refractivity contribution in [3.05, 3.63) is 78.2 Å². The van der Waals surface area contributed by atoms with E-state index in [2.05, 4.69) is 11.4 Å². The maximum Gasteiger partial charge on any atom is 0.311 e. The van der Waals surface area contributed by atoms with Crippen molar-refractivity contribution in [1.29, 1.82) is 0 Å². The number of carbonyl (C=O) groups excluding carboxylic acids is 1. The van der Waals surface area contributed by atoms with Crippen LogP contribution in [-0.4, -0.2) is 28.9 Å². The van der Waals surface area contributed by atoms with E-state index in [0.717, 1.165) is 16.9 Å². The fourth-order valence-electron chi connectivity index (χ4n) is 3.53. The minimum Gasteiger partial charge on any atom is -0.487 e. The molecule has 1 amide bonds. The van der Waals surface area contributed by atoms with Crippen molar-refractivity contribution in [2.75, 3.05) is 13.2 Å². The topological polar surface area (TPSA) is 72.7 Å². The number of ether oxygens (including phenoxy) is 1. The maximum absolute atomic E-state index is 13.4. The Morgan fingerprint density at radius 3 is 2.86 bits per heavy atom. The second kappa shape index (κ2) is 7.73. The molecule has 1 atom stereocenters. The average molecular weight is 415 g/mol. The van der Waals surface area contributed by atoms with Crippen LogP contribution >= 0.6 is 22.7 Å². The van der Waals surface area contributed by atoms with Crippen LogP contribution in [0.25, 0.3) is 0 Å². The van der Waals surface area contributed by atoms with Crippen molar-refractivity contribution < 1.29 is 14.5 Å². The van der Waals surface area contributed by atoms with Crippen LogP contribution in [0.4, 0.5) is 5.69 Å². The Hall–Kier alpha value is -2.71. The Kier molecular flexibility index (Phi) is 5.15. The van der Waals surface area contributed by atoms with Gasteiger partial charge in [0, 0.05) is 27.9 Å². The fraction of sp³-hybridized carbons (Fsp3) is 0.250. The van der Waals surface area contributed by atoms with Gasteiger partial charge in [0.15, 0.2) is 5.75 Å². The molecule has 0 aliphatic carbocycles. The van der Waals surface area contributed by atoms with Gasteiger partial charge in [0.2, 0.25) is 0 Å². The number of benzene rings is 1. The maximum atomic E-state index is 13.4. The van der Waals surface area contributed by atoms with E-state index >= 15 is 0 Å². The first-order valence-corrected chi connectivity index (χ1v) is 10.7. The number of carbonyl (C=O) groups is 1. The second-order valence-corrected chi connectivity index (χ2v) is 8.32. The summed E-state index contributed by atoms with van der Waals surface area (Å²) in [6.45, 7) is 2.66. The van der Waals surface area contributed by atoms with Gasteiger partial charge in [0.1, 0.15) is 0 Å². The lowest BCUT2D eigenvalue weighted by atomic mass is 9.97. The number of nitro benzene ring substituents is 1. The number of hydrogen-bond acceptors (Lipinski definition) is 6. The van der Waals surface area contributed by atoms with Crippen molar-refractivity contribution in [3.8, 4) is 5.75 Å². The number of thiophene rings is 2. The molecule has 0 radical (unpaired) electrons. The molecule has 8 heteroatoms. The van der Waals surface area contributed by atoms with Crippen molar-refractivity contribution >= 4 is 34.3 Å². The normalized spacial score (nSPS) is 15.9. The SMILES string of the molecule is CCOc1ccc(C(=O)N2CCc3sccc3[C@@H]2c2cccs2)cc1[N+](=O)[O-]. The number of fused-ring (bicyclic) bond motifs is 1. The molecule has 28 heavy (non-hydrogen) atoms. The van der Waals surface area contributed by atoms with Gasteiger partial charge in [-0.15, -0.1) is 22.7 Å². The quantitative estimate of drug-likeness (QED) is 0.439. The zero-order valence-electron chi connectivity index (χ0n) is 15.2. The molecule has 144 valence electrons. The molecule has 0 N–H and O–H groups in total. The third kappa shape index (κ3) is 3.29. The first-order valence-electron chi connectivity index (χ1n) is 8.92. The van der Waals surface area contributed by atoms with Crippen LogP contribution in [0, 0.1) is 10.1 Å². The molecule has 1 aliphatic heterocycles. The molecule has 0 spiro atoms. The Labute approximate surface area is 170 Å². The standard InChI is InChI=1S/C20H18N2O4S2/c1-2-26-16-6-5-13(12-15(16)22(24)25)20(23)21-9-7-17-14(8-11-28-17)19(21)18-4-3-10-27-18/h3-6,8,10-12,19H,2,7,9H2,1H3/t19-/m1/s1. The van der Waals surface area contributed by atoms with Crippen LogP contribution < -0.4 is 4.74 Å². The largest absolute Gasteiger partial charge is 0.487 e. The highest BCUT2D eigenvalue weighted by atomic mass is 32.1. The zero-order chi connectivity index (χ0) is 19.7. The molecule has 0 bridgehead atoms. The van der Waals surface area contributed by atoms with E-state index in [4.69, 9.17) is 4.74 Å². The highest BCUT2D eigenvalue weighted by molar-refractivity contribution is 7.10. The lowest BCUT2D eigenvalue weighted by Crippen LogP contribution is -2.39. The van der Waals surface area contributed by atoms with Gasteiger partial charge in [-0.25, -0.2) is 0 Å². The summed E-state index contributed by atoms with van der Waals surface area (Å²) in [4.78, 5) is 28.5. The number of rotatable bonds is 5. The molecular formula is C20H18N2O4S2. The lowest BCUT2D eigenvalue weighted by molar-refractivity contribution is -0.385. The van der Waals surface area contributed by atoms with Gasteiger partial charge < -0.3 is 9.64 Å². The molecule has 0 fully saturated rings. The minimum atomic E-state index is -0.508. The second-order valence-electron chi connectivity index (χ2n) is 6.34. The summed E-state index contributed by atoms with van der Waals surface area (Å²) in [5.41, 5.74) is 1.26. The zero-order valence-corrected chi connectivity index (χ0v) is 16.8. The summed E-state index contributed by atoms with van der Waals surface area (Å²) < 4.78 is 5.33. The molecule has 1 aliphatic rings. The van der Waals surface area contributed by atoms with E-state index in [9.17, 15) is 14.9 Å². The molecule has 0 unspecified atom stereocenters. The first-order chi connectivity index (χ1) is 13.6. The van der Waals surface area contributed by atoms with Gasteiger partial charge in [-0.1, -0.05) is 6.07 Å². The summed E-state index contributed by atoms with van der Waals surface area (Å²) in [6.07, 6.45) is 0.791. The molecule has 0 saturated carbocycles. The van der Waals surface area contributed by atoms with E-state index < -0.39 is 4.92 Å². The van der Waals surface area contributed by atoms with Gasteiger partial charge >= 0.3 is 5.69 Å². The number of amides is 1. The van der Waals surface area contributed by atoms with E-state index in [1.165, 1.54) is 17.0 Å². The van der Waals surface area contributed by atoms with E-state index in [-0.39, 0.29) is 23.4 Å². The van der Waals surface area contributed by atoms with Crippen LogP contribution in [0.15, 0.2) is 47.2 Å². The van der Waals surface area contributed by atoms with Crippen LogP contribution in [0.3, 0.4) is 0 Å². The average Bonchev–Trinajstić information content (AvgIpc) is 3.38. The Morgan fingerprint density at radius 1 is 1.29 bits per heavy atom. The summed E-state index contributed by atoms with van der Waals surface area (Å²) in [7, 11) is 0. The van der Waals surface area contributed by atoms with Gasteiger partial charge in [-0.2, -0.15) is 0 Å². The van der Waals surface area contributed by atoms with Gasteiger partial charge in [-0.05, 0) is 53.9 Å². The van der Waals surface area contributed by atoms with Crippen LogP contribution in [0.1, 0.15) is 38.6 Å². The minimum absolute atomic E-state index is 0.159. The molecule has 2 aromatic heterocycles. The molecule has 4 rings (SSSR count). The van der Waals surface area contributed by atoms with Crippen LogP contribution in [-0.2, 0) is 6.42 Å². The molecule has 1 aromatic carbocycles. The highest BCUT2D eigenvalue weighted by Gasteiger charge is 2.34. The summed E-state index contributed by atoms with van der Waals surface area (Å²) >= 11 is 3.32. The monoisotopic (exact) mass is 414 g/mol. The Bertz CT molecular complexity index is 1010. The fourth-order valence-corrected chi connectivity index (χ4v) is 5.28. The number of nitrogens with zero attached hydrogens (tertiary/aromatic N) is 2. The Balaban J connectivity index is 1.73. The van der Waals surface area contributed by atoms with Crippen molar-refractivity contribution in [3.63, 3.8) is 0 Å². The predicted octanol–water partition coefficient (Wildman–Crippen LogP) is 4.90. The summed E-state index contributed by atoms with van der Waals surface area (Å²) in [6, 6.07) is 10.4. The molecule has 6 nitrogen and oxygen atoms in total. The van der Waals surface area contributed by atoms with Crippen LogP contribution in [0.2, 0.25) is 0 Å². The van der Waals surface area contributed by atoms with Gasteiger partial charge in [0.25, 0.3) is 5.91 Å². The summed E-state index contributed by atoms with van der Waals surface area (Å²) in [5, 5.41) is 15.5. The lowest BCUT2D eigenvalue weighted by Gasteiger charge is -2.35. The van der Waals surface area contributed by atoms with Crippen molar-refractivity contribution in [2.24, 2.45) is 0 Å². The molecule has 3 heterocycles. The predicted molar refractivity (Wildman–Crippen MR) is 109 cm³/mol. The first kappa shape index (κ1) is 18.6. The smallest absolute Gasteiger partial charge is 0.311 e.